The molecule has 104 valence electrons. The van der Waals surface area contributed by atoms with Crippen molar-refractivity contribution in [2.75, 3.05) is 0 Å². The number of furan rings is 1. The summed E-state index contributed by atoms with van der Waals surface area (Å²) in [6, 6.07) is 9.49. The lowest BCUT2D eigenvalue weighted by Crippen LogP contribution is -2.24. The number of amides is 1. The molecule has 1 aromatic carbocycles. The summed E-state index contributed by atoms with van der Waals surface area (Å²) in [6.07, 6.45) is 4.90. The van der Waals surface area contributed by atoms with Gasteiger partial charge in [0, 0.05) is 10.5 Å². The van der Waals surface area contributed by atoms with Gasteiger partial charge < -0.3 is 9.73 Å². The monoisotopic (exact) mass is 333 g/mol. The van der Waals surface area contributed by atoms with E-state index in [1.807, 2.05) is 38.1 Å². The van der Waals surface area contributed by atoms with Crippen LogP contribution in [-0.2, 0) is 4.79 Å². The highest BCUT2D eigenvalue weighted by atomic mass is 79.9. The molecule has 20 heavy (non-hydrogen) atoms. The van der Waals surface area contributed by atoms with E-state index in [4.69, 9.17) is 4.42 Å². The van der Waals surface area contributed by atoms with E-state index in [0.717, 1.165) is 15.8 Å². The summed E-state index contributed by atoms with van der Waals surface area (Å²) < 4.78 is 6.22. The van der Waals surface area contributed by atoms with Crippen molar-refractivity contribution >= 4 is 27.9 Å². The maximum atomic E-state index is 11.8. The van der Waals surface area contributed by atoms with Crippen molar-refractivity contribution < 1.29 is 9.21 Å². The van der Waals surface area contributed by atoms with Crippen molar-refractivity contribution in [1.29, 1.82) is 0 Å². The second-order valence-corrected chi connectivity index (χ2v) is 5.46. The molecule has 0 saturated heterocycles. The summed E-state index contributed by atoms with van der Waals surface area (Å²) in [6.45, 7) is 3.91. The molecule has 0 bridgehead atoms. The molecule has 0 saturated carbocycles. The standard InChI is InChI=1S/C16H16BrNO2/c1-11-5-6-13(14(17)10-11)7-8-16(19)18-12(2)15-4-3-9-20-15/h3-10,12H,1-2H3,(H,18,19)/b8-7+/t12-/m1/s1. The van der Waals surface area contributed by atoms with Crippen molar-refractivity contribution in [3.05, 3.63) is 64.0 Å². The van der Waals surface area contributed by atoms with Crippen LogP contribution in [0.1, 0.15) is 29.9 Å². The van der Waals surface area contributed by atoms with Crippen molar-refractivity contribution in [3.8, 4) is 0 Å². The van der Waals surface area contributed by atoms with Gasteiger partial charge in [-0.25, -0.2) is 0 Å². The van der Waals surface area contributed by atoms with Gasteiger partial charge in [-0.15, -0.1) is 0 Å². The number of benzene rings is 1. The third kappa shape index (κ3) is 3.84. The minimum absolute atomic E-state index is 0.149. The molecular formula is C16H16BrNO2. The van der Waals surface area contributed by atoms with Gasteiger partial charge in [-0.3, -0.25) is 4.79 Å². The van der Waals surface area contributed by atoms with E-state index in [9.17, 15) is 4.79 Å². The first-order chi connectivity index (χ1) is 9.56. The molecule has 1 N–H and O–H groups in total. The number of carbonyl (C=O) groups excluding carboxylic acids is 1. The summed E-state index contributed by atoms with van der Waals surface area (Å²) in [7, 11) is 0. The minimum Gasteiger partial charge on any atom is -0.467 e. The Morgan fingerprint density at radius 1 is 1.40 bits per heavy atom. The van der Waals surface area contributed by atoms with Crippen LogP contribution in [-0.4, -0.2) is 5.91 Å². The Morgan fingerprint density at radius 3 is 2.85 bits per heavy atom. The molecule has 1 amide bonds. The van der Waals surface area contributed by atoms with E-state index < -0.39 is 0 Å². The number of hydrogen-bond donors (Lipinski definition) is 1. The van der Waals surface area contributed by atoms with E-state index in [0.29, 0.717) is 0 Å². The van der Waals surface area contributed by atoms with Crippen LogP contribution < -0.4 is 5.32 Å². The quantitative estimate of drug-likeness (QED) is 0.850. The maximum Gasteiger partial charge on any atom is 0.244 e. The third-order valence-corrected chi connectivity index (χ3v) is 3.59. The van der Waals surface area contributed by atoms with Gasteiger partial charge in [-0.05, 0) is 49.2 Å². The molecule has 3 nitrogen and oxygen atoms in total. The molecule has 0 fully saturated rings. The highest BCUT2D eigenvalue weighted by Crippen LogP contribution is 2.19. The molecular weight excluding hydrogens is 318 g/mol. The molecule has 0 unspecified atom stereocenters. The largest absolute Gasteiger partial charge is 0.467 e. The van der Waals surface area contributed by atoms with Gasteiger partial charge in [0.05, 0.1) is 12.3 Å². The fourth-order valence-electron chi connectivity index (χ4n) is 1.80. The lowest BCUT2D eigenvalue weighted by Gasteiger charge is -2.09. The zero-order chi connectivity index (χ0) is 14.5. The molecule has 1 aromatic heterocycles. The molecule has 0 spiro atoms. The Balaban J connectivity index is 1.99. The summed E-state index contributed by atoms with van der Waals surface area (Å²) in [5.41, 5.74) is 2.14. The maximum absolute atomic E-state index is 11.8. The zero-order valence-electron chi connectivity index (χ0n) is 11.4. The normalized spacial score (nSPS) is 12.6. The van der Waals surface area contributed by atoms with Crippen molar-refractivity contribution in [2.45, 2.75) is 19.9 Å². The van der Waals surface area contributed by atoms with Gasteiger partial charge in [0.15, 0.2) is 0 Å². The molecule has 0 aliphatic carbocycles. The van der Waals surface area contributed by atoms with Crippen LogP contribution in [0.5, 0.6) is 0 Å². The molecule has 1 heterocycles. The van der Waals surface area contributed by atoms with Crippen LogP contribution in [0, 0.1) is 6.92 Å². The second kappa shape index (κ2) is 6.57. The van der Waals surface area contributed by atoms with Crippen LogP contribution in [0.2, 0.25) is 0 Å². The number of carbonyl (C=O) groups is 1. The molecule has 1 atom stereocenters. The smallest absolute Gasteiger partial charge is 0.244 e. The molecule has 0 aliphatic heterocycles. The zero-order valence-corrected chi connectivity index (χ0v) is 13.0. The number of nitrogens with one attached hydrogen (secondary N) is 1. The van der Waals surface area contributed by atoms with Gasteiger partial charge in [0.25, 0.3) is 0 Å². The lowest BCUT2D eigenvalue weighted by molar-refractivity contribution is -0.117. The third-order valence-electron chi connectivity index (χ3n) is 2.90. The van der Waals surface area contributed by atoms with Crippen LogP contribution in [0.3, 0.4) is 0 Å². The van der Waals surface area contributed by atoms with Crippen LogP contribution in [0.4, 0.5) is 0 Å². The topological polar surface area (TPSA) is 42.2 Å². The number of halogens is 1. The van der Waals surface area contributed by atoms with Crippen molar-refractivity contribution in [3.63, 3.8) is 0 Å². The predicted molar refractivity (Wildman–Crippen MR) is 83.2 cm³/mol. The summed E-state index contributed by atoms with van der Waals surface area (Å²) >= 11 is 3.48. The molecule has 0 radical (unpaired) electrons. The highest BCUT2D eigenvalue weighted by Gasteiger charge is 2.09. The first-order valence-electron chi connectivity index (χ1n) is 6.34. The van der Waals surface area contributed by atoms with Gasteiger partial charge in [0.1, 0.15) is 5.76 Å². The van der Waals surface area contributed by atoms with Crippen molar-refractivity contribution in [2.24, 2.45) is 0 Å². The Labute approximate surface area is 126 Å². The second-order valence-electron chi connectivity index (χ2n) is 4.60. The Bertz CT molecular complexity index is 617. The van der Waals surface area contributed by atoms with Crippen LogP contribution in [0.15, 0.2) is 51.6 Å². The summed E-state index contributed by atoms with van der Waals surface area (Å²) in [5, 5.41) is 2.85. The van der Waals surface area contributed by atoms with Crippen LogP contribution in [0.25, 0.3) is 6.08 Å². The first-order valence-corrected chi connectivity index (χ1v) is 7.13. The Hall–Kier alpha value is -1.81. The van der Waals surface area contributed by atoms with Gasteiger partial charge in [0.2, 0.25) is 5.91 Å². The van der Waals surface area contributed by atoms with Crippen molar-refractivity contribution in [1.82, 2.24) is 5.32 Å². The molecule has 2 rings (SSSR count). The molecule has 0 aliphatic rings. The summed E-state index contributed by atoms with van der Waals surface area (Å²) in [5.74, 6) is 0.588. The van der Waals surface area contributed by atoms with Gasteiger partial charge in [-0.1, -0.05) is 28.1 Å². The number of hydrogen-bond acceptors (Lipinski definition) is 2. The molecule has 4 heteroatoms. The molecule has 2 aromatic rings. The Morgan fingerprint density at radius 2 is 2.20 bits per heavy atom. The summed E-state index contributed by atoms with van der Waals surface area (Å²) in [4.78, 5) is 11.8. The van der Waals surface area contributed by atoms with E-state index in [2.05, 4.69) is 21.2 Å². The van der Waals surface area contributed by atoms with Gasteiger partial charge >= 0.3 is 0 Å². The van der Waals surface area contributed by atoms with Crippen LogP contribution >= 0.6 is 15.9 Å². The fourth-order valence-corrected chi connectivity index (χ4v) is 2.43. The lowest BCUT2D eigenvalue weighted by atomic mass is 10.1. The number of aryl methyl sites for hydroxylation is 1. The number of rotatable bonds is 4. The predicted octanol–water partition coefficient (Wildman–Crippen LogP) is 4.24. The van der Waals surface area contributed by atoms with E-state index in [-0.39, 0.29) is 11.9 Å². The highest BCUT2D eigenvalue weighted by molar-refractivity contribution is 9.10. The van der Waals surface area contributed by atoms with E-state index >= 15 is 0 Å². The minimum atomic E-state index is -0.152. The average Bonchev–Trinajstić information content (AvgIpc) is 2.91. The van der Waals surface area contributed by atoms with E-state index in [1.54, 1.807) is 18.4 Å². The average molecular weight is 334 g/mol. The van der Waals surface area contributed by atoms with Gasteiger partial charge in [-0.2, -0.15) is 0 Å². The Kier molecular flexibility index (Phi) is 4.79. The fraction of sp³-hybridized carbons (Fsp3) is 0.188. The SMILES string of the molecule is Cc1ccc(/C=C/C(=O)N[C@H](C)c2ccco2)c(Br)c1. The van der Waals surface area contributed by atoms with E-state index in [1.165, 1.54) is 11.6 Å². The first kappa shape index (κ1) is 14.6.